The summed E-state index contributed by atoms with van der Waals surface area (Å²) in [5.74, 6) is 0. The van der Waals surface area contributed by atoms with E-state index in [0.29, 0.717) is 12.1 Å². The molecule has 21 heavy (non-hydrogen) atoms. The highest BCUT2D eigenvalue weighted by atomic mass is 16.5. The highest BCUT2D eigenvalue weighted by molar-refractivity contribution is 5.87. The van der Waals surface area contributed by atoms with Crippen LogP contribution in [-0.4, -0.2) is 42.2 Å². The van der Waals surface area contributed by atoms with E-state index in [0.717, 1.165) is 25.2 Å². The standard InChI is InChI=1S/C18H20N2O/c1-12-17(6-5-13-4-3-7-19-18(12)13)14-8-15-10-21-11-16(9-14)20(15)2/h3-8,15-16H,9-11H2,1-2H3. The Hall–Kier alpha value is -1.71. The summed E-state index contributed by atoms with van der Waals surface area (Å²) in [4.78, 5) is 7.01. The first-order valence-electron chi connectivity index (χ1n) is 7.59. The van der Waals surface area contributed by atoms with Crippen molar-refractivity contribution in [2.24, 2.45) is 0 Å². The van der Waals surface area contributed by atoms with Crippen LogP contribution in [0.1, 0.15) is 17.5 Å². The fourth-order valence-corrected chi connectivity index (χ4v) is 3.59. The summed E-state index contributed by atoms with van der Waals surface area (Å²) in [6.45, 7) is 3.84. The third kappa shape index (κ3) is 2.08. The fraction of sp³-hybridized carbons (Fsp3) is 0.389. The Balaban J connectivity index is 1.82. The van der Waals surface area contributed by atoms with Crippen molar-refractivity contribution >= 4 is 16.5 Å². The largest absolute Gasteiger partial charge is 0.378 e. The Morgan fingerprint density at radius 1 is 1.24 bits per heavy atom. The maximum atomic E-state index is 5.69. The molecule has 2 aliphatic heterocycles. The van der Waals surface area contributed by atoms with Crippen LogP contribution in [-0.2, 0) is 4.74 Å². The molecule has 3 heterocycles. The van der Waals surface area contributed by atoms with E-state index in [2.05, 4.69) is 48.1 Å². The van der Waals surface area contributed by atoms with Gasteiger partial charge in [0.15, 0.2) is 0 Å². The zero-order valence-electron chi connectivity index (χ0n) is 12.5. The van der Waals surface area contributed by atoms with Crippen LogP contribution in [0, 0.1) is 6.92 Å². The van der Waals surface area contributed by atoms with Gasteiger partial charge in [-0.25, -0.2) is 0 Å². The summed E-state index contributed by atoms with van der Waals surface area (Å²) in [6, 6.07) is 9.49. The van der Waals surface area contributed by atoms with Gasteiger partial charge in [-0.15, -0.1) is 0 Å². The molecular weight excluding hydrogens is 260 g/mol. The van der Waals surface area contributed by atoms with E-state index in [1.807, 2.05) is 12.3 Å². The summed E-state index contributed by atoms with van der Waals surface area (Å²) in [7, 11) is 2.21. The number of fused-ring (bicyclic) bond motifs is 3. The summed E-state index contributed by atoms with van der Waals surface area (Å²) in [5, 5.41) is 1.22. The maximum absolute atomic E-state index is 5.69. The first kappa shape index (κ1) is 13.0. The van der Waals surface area contributed by atoms with Crippen LogP contribution >= 0.6 is 0 Å². The number of aromatic nitrogens is 1. The van der Waals surface area contributed by atoms with Gasteiger partial charge in [0.1, 0.15) is 0 Å². The van der Waals surface area contributed by atoms with Crippen LogP contribution in [0.4, 0.5) is 0 Å². The molecule has 0 amide bonds. The van der Waals surface area contributed by atoms with Gasteiger partial charge in [0, 0.05) is 17.6 Å². The predicted molar refractivity (Wildman–Crippen MR) is 85.2 cm³/mol. The molecule has 4 rings (SSSR count). The van der Waals surface area contributed by atoms with Gasteiger partial charge >= 0.3 is 0 Å². The first-order chi connectivity index (χ1) is 10.2. The number of pyridine rings is 1. The molecule has 2 aromatic rings. The van der Waals surface area contributed by atoms with Crippen LogP contribution in [0.15, 0.2) is 36.5 Å². The van der Waals surface area contributed by atoms with E-state index < -0.39 is 0 Å². The number of aryl methyl sites for hydroxylation is 1. The van der Waals surface area contributed by atoms with Gasteiger partial charge in [-0.05, 0) is 43.2 Å². The van der Waals surface area contributed by atoms with Crippen molar-refractivity contribution in [2.75, 3.05) is 20.3 Å². The summed E-state index contributed by atoms with van der Waals surface area (Å²) in [5.41, 5.74) is 5.22. The van der Waals surface area contributed by atoms with Crippen LogP contribution in [0.5, 0.6) is 0 Å². The monoisotopic (exact) mass is 280 g/mol. The average Bonchev–Trinajstić information content (AvgIpc) is 2.48. The number of morpholine rings is 1. The smallest absolute Gasteiger partial charge is 0.0737 e. The molecule has 0 spiro atoms. The van der Waals surface area contributed by atoms with Gasteiger partial charge in [0.25, 0.3) is 0 Å². The molecule has 0 aliphatic carbocycles. The van der Waals surface area contributed by atoms with E-state index in [1.54, 1.807) is 0 Å². The summed E-state index contributed by atoms with van der Waals surface area (Å²) >= 11 is 0. The van der Waals surface area contributed by atoms with E-state index in [4.69, 9.17) is 4.74 Å². The molecule has 2 bridgehead atoms. The molecule has 3 nitrogen and oxygen atoms in total. The van der Waals surface area contributed by atoms with Crippen molar-refractivity contribution in [1.29, 1.82) is 0 Å². The lowest BCUT2D eigenvalue weighted by atomic mass is 9.87. The quantitative estimate of drug-likeness (QED) is 0.803. The second kappa shape index (κ2) is 4.93. The van der Waals surface area contributed by atoms with Gasteiger partial charge in [-0.3, -0.25) is 9.88 Å². The van der Waals surface area contributed by atoms with Gasteiger partial charge in [-0.2, -0.15) is 0 Å². The molecule has 2 aliphatic rings. The second-order valence-corrected chi connectivity index (χ2v) is 6.13. The van der Waals surface area contributed by atoms with Gasteiger partial charge in [0.2, 0.25) is 0 Å². The lowest BCUT2D eigenvalue weighted by Crippen LogP contribution is -2.51. The van der Waals surface area contributed by atoms with Crippen LogP contribution in [0.3, 0.4) is 0 Å². The Kier molecular flexibility index (Phi) is 3.05. The summed E-state index contributed by atoms with van der Waals surface area (Å²) in [6.07, 6.45) is 5.32. The maximum Gasteiger partial charge on any atom is 0.0737 e. The SMILES string of the molecule is Cc1c(C2=CC3COCC(C2)N3C)ccc2cccnc12. The molecule has 2 atom stereocenters. The van der Waals surface area contributed by atoms with E-state index in [1.165, 1.54) is 22.1 Å². The Morgan fingerprint density at radius 2 is 2.14 bits per heavy atom. The molecule has 1 aromatic carbocycles. The van der Waals surface area contributed by atoms with Crippen LogP contribution < -0.4 is 0 Å². The molecule has 3 heteroatoms. The summed E-state index contributed by atoms with van der Waals surface area (Å²) < 4.78 is 5.69. The molecular formula is C18H20N2O. The van der Waals surface area contributed by atoms with Crippen molar-refractivity contribution in [3.8, 4) is 0 Å². The number of ether oxygens (including phenoxy) is 1. The minimum Gasteiger partial charge on any atom is -0.378 e. The van der Waals surface area contributed by atoms with Crippen molar-refractivity contribution in [3.05, 3.63) is 47.7 Å². The Morgan fingerprint density at radius 3 is 3.00 bits per heavy atom. The Labute approximate surface area is 125 Å². The van der Waals surface area contributed by atoms with Gasteiger partial charge < -0.3 is 4.74 Å². The van der Waals surface area contributed by atoms with Crippen molar-refractivity contribution in [3.63, 3.8) is 0 Å². The van der Waals surface area contributed by atoms with Gasteiger partial charge in [0.05, 0.1) is 24.8 Å². The Bertz CT molecular complexity index is 722. The molecule has 108 valence electrons. The topological polar surface area (TPSA) is 25.4 Å². The predicted octanol–water partition coefficient (Wildman–Crippen LogP) is 3.03. The lowest BCUT2D eigenvalue weighted by molar-refractivity contribution is -0.0221. The highest BCUT2D eigenvalue weighted by Gasteiger charge is 2.32. The highest BCUT2D eigenvalue weighted by Crippen LogP contribution is 2.34. The van der Waals surface area contributed by atoms with Crippen LogP contribution in [0.2, 0.25) is 0 Å². The number of nitrogens with zero attached hydrogens (tertiary/aromatic N) is 2. The number of likely N-dealkylation sites (N-methyl/N-ethyl adjacent to an activating group) is 1. The van der Waals surface area contributed by atoms with Crippen LogP contribution in [0.25, 0.3) is 16.5 Å². The zero-order valence-corrected chi connectivity index (χ0v) is 12.5. The number of rotatable bonds is 1. The van der Waals surface area contributed by atoms with Gasteiger partial charge in [-0.1, -0.05) is 24.3 Å². The minimum absolute atomic E-state index is 0.409. The molecule has 0 saturated carbocycles. The lowest BCUT2D eigenvalue weighted by Gasteiger charge is -2.42. The van der Waals surface area contributed by atoms with E-state index in [9.17, 15) is 0 Å². The first-order valence-corrected chi connectivity index (χ1v) is 7.59. The van der Waals surface area contributed by atoms with E-state index in [-0.39, 0.29) is 0 Å². The molecule has 2 unspecified atom stereocenters. The van der Waals surface area contributed by atoms with Crippen molar-refractivity contribution < 1.29 is 4.74 Å². The molecule has 1 saturated heterocycles. The molecule has 0 N–H and O–H groups in total. The number of benzene rings is 1. The molecule has 1 fully saturated rings. The molecule has 1 aromatic heterocycles. The second-order valence-electron chi connectivity index (χ2n) is 6.13. The third-order valence-electron chi connectivity index (χ3n) is 4.92. The normalized spacial score (nSPS) is 25.9. The zero-order chi connectivity index (χ0) is 14.4. The van der Waals surface area contributed by atoms with Crippen molar-refractivity contribution in [1.82, 2.24) is 9.88 Å². The molecule has 0 radical (unpaired) electrons. The van der Waals surface area contributed by atoms with Crippen molar-refractivity contribution in [2.45, 2.75) is 25.4 Å². The minimum atomic E-state index is 0.409. The number of hydrogen-bond acceptors (Lipinski definition) is 3. The third-order valence-corrected chi connectivity index (χ3v) is 4.92. The van der Waals surface area contributed by atoms with E-state index >= 15 is 0 Å². The number of hydrogen-bond donors (Lipinski definition) is 0. The fourth-order valence-electron chi connectivity index (χ4n) is 3.59. The average molecular weight is 280 g/mol.